The molecule has 0 spiro atoms. The van der Waals surface area contributed by atoms with Crippen LogP contribution in [0.25, 0.3) is 0 Å². The maximum Gasteiger partial charge on any atom is 0.130 e. The zero-order valence-corrected chi connectivity index (χ0v) is 7.41. The summed E-state index contributed by atoms with van der Waals surface area (Å²) < 4.78 is 26.0. The third kappa shape index (κ3) is 2.59. The molecule has 0 amide bonds. The molecule has 0 aromatic heterocycles. The van der Waals surface area contributed by atoms with Gasteiger partial charge in [-0.2, -0.15) is 0 Å². The molecule has 0 unspecified atom stereocenters. The standard InChI is InChI=1S/C7H5Cl2F2N/c8-12(9)4-5-1-2-6(10)3-7(5)11/h1-3H,4H2. The molecule has 0 aliphatic carbocycles. The van der Waals surface area contributed by atoms with Gasteiger partial charge in [0.2, 0.25) is 0 Å². The highest BCUT2D eigenvalue weighted by Crippen LogP contribution is 2.14. The first kappa shape index (κ1) is 9.71. The SMILES string of the molecule is Fc1ccc(CN(Cl)Cl)c(F)c1. The predicted octanol–water partition coefficient (Wildman–Crippen LogP) is 3.07. The Kier molecular flexibility index (Phi) is 3.26. The Morgan fingerprint density at radius 1 is 1.25 bits per heavy atom. The van der Waals surface area contributed by atoms with Crippen molar-refractivity contribution in [3.05, 3.63) is 35.4 Å². The highest BCUT2D eigenvalue weighted by atomic mass is 35.5. The summed E-state index contributed by atoms with van der Waals surface area (Å²) in [5, 5.41) is 0. The van der Waals surface area contributed by atoms with Crippen LogP contribution in [-0.2, 0) is 6.54 Å². The van der Waals surface area contributed by atoms with E-state index >= 15 is 0 Å². The lowest BCUT2D eigenvalue weighted by Gasteiger charge is -2.04. The quantitative estimate of drug-likeness (QED) is 0.681. The summed E-state index contributed by atoms with van der Waals surface area (Å²) in [5.41, 5.74) is 0.251. The lowest BCUT2D eigenvalue weighted by molar-refractivity contribution is 0.557. The van der Waals surface area contributed by atoms with Crippen LogP contribution in [-0.4, -0.2) is 3.94 Å². The number of nitrogens with zero attached hydrogens (tertiary/aromatic N) is 1. The average molecular weight is 212 g/mol. The molecule has 0 aliphatic heterocycles. The minimum Gasteiger partial charge on any atom is -0.207 e. The maximum absolute atomic E-state index is 12.8. The summed E-state index contributed by atoms with van der Waals surface area (Å²) in [5.74, 6) is -1.27. The van der Waals surface area contributed by atoms with Crippen molar-refractivity contribution in [2.45, 2.75) is 6.54 Å². The molecule has 0 saturated heterocycles. The van der Waals surface area contributed by atoms with E-state index in [1.165, 1.54) is 6.07 Å². The van der Waals surface area contributed by atoms with E-state index in [4.69, 9.17) is 23.6 Å². The molecule has 0 bridgehead atoms. The summed E-state index contributed by atoms with van der Waals surface area (Å²) in [4.78, 5) is 0. The minimum absolute atomic E-state index is 0.0230. The molecule has 1 nitrogen and oxygen atoms in total. The fraction of sp³-hybridized carbons (Fsp3) is 0.143. The third-order valence-corrected chi connectivity index (χ3v) is 1.54. The third-order valence-electron chi connectivity index (χ3n) is 1.30. The van der Waals surface area contributed by atoms with Crippen LogP contribution >= 0.6 is 23.6 Å². The predicted molar refractivity (Wildman–Crippen MR) is 43.6 cm³/mol. The van der Waals surface area contributed by atoms with Crippen molar-refractivity contribution < 1.29 is 8.78 Å². The van der Waals surface area contributed by atoms with E-state index in [1.54, 1.807) is 0 Å². The van der Waals surface area contributed by atoms with E-state index in [1.807, 2.05) is 0 Å². The molecule has 0 N–H and O–H groups in total. The summed E-state index contributed by atoms with van der Waals surface area (Å²) in [6.45, 7) is 0.0230. The van der Waals surface area contributed by atoms with Gasteiger partial charge < -0.3 is 0 Å². The number of hydrogen-bond donors (Lipinski definition) is 0. The van der Waals surface area contributed by atoms with E-state index in [2.05, 4.69) is 0 Å². The van der Waals surface area contributed by atoms with Crippen LogP contribution in [0.5, 0.6) is 0 Å². The molecular formula is C7H5Cl2F2N. The van der Waals surface area contributed by atoms with Gasteiger partial charge in [0.1, 0.15) is 11.6 Å². The van der Waals surface area contributed by atoms with Crippen molar-refractivity contribution in [2.75, 3.05) is 0 Å². The summed E-state index contributed by atoms with van der Waals surface area (Å²) >= 11 is 10.5. The smallest absolute Gasteiger partial charge is 0.130 e. The Bertz CT molecular complexity index is 278. The molecule has 12 heavy (non-hydrogen) atoms. The molecule has 5 heteroatoms. The van der Waals surface area contributed by atoms with Crippen molar-refractivity contribution in [2.24, 2.45) is 0 Å². The van der Waals surface area contributed by atoms with Crippen molar-refractivity contribution in [1.29, 1.82) is 0 Å². The normalized spacial score (nSPS) is 10.8. The second-order valence-corrected chi connectivity index (χ2v) is 3.19. The van der Waals surface area contributed by atoms with E-state index in [-0.39, 0.29) is 12.1 Å². The van der Waals surface area contributed by atoms with Crippen LogP contribution in [0.4, 0.5) is 8.78 Å². The number of halogens is 4. The molecule has 66 valence electrons. The van der Waals surface area contributed by atoms with Crippen molar-refractivity contribution in [1.82, 2.24) is 3.94 Å². The van der Waals surface area contributed by atoms with Gasteiger partial charge in [0.05, 0.1) is 6.54 Å². The zero-order valence-electron chi connectivity index (χ0n) is 5.90. The second kappa shape index (κ2) is 4.03. The molecule has 0 heterocycles. The van der Waals surface area contributed by atoms with Crippen LogP contribution < -0.4 is 0 Å². The molecule has 0 atom stereocenters. The van der Waals surface area contributed by atoms with Gasteiger partial charge in [0, 0.05) is 11.6 Å². The van der Waals surface area contributed by atoms with E-state index in [9.17, 15) is 8.78 Å². The Labute approximate surface area is 78.7 Å². The highest BCUT2D eigenvalue weighted by molar-refractivity contribution is 6.33. The molecule has 0 aliphatic rings. The van der Waals surface area contributed by atoms with E-state index in [0.29, 0.717) is 0 Å². The van der Waals surface area contributed by atoms with Crippen molar-refractivity contribution in [3.8, 4) is 0 Å². The molecular weight excluding hydrogens is 207 g/mol. The first-order valence-electron chi connectivity index (χ1n) is 3.12. The molecule has 0 saturated carbocycles. The van der Waals surface area contributed by atoms with Gasteiger partial charge in [0.25, 0.3) is 0 Å². The van der Waals surface area contributed by atoms with Gasteiger partial charge in [-0.3, -0.25) is 0 Å². The lowest BCUT2D eigenvalue weighted by Crippen LogP contribution is -2.00. The van der Waals surface area contributed by atoms with Gasteiger partial charge in [-0.25, -0.2) is 8.78 Å². The van der Waals surface area contributed by atoms with Crippen LogP contribution in [0.3, 0.4) is 0 Å². The van der Waals surface area contributed by atoms with E-state index in [0.717, 1.165) is 16.1 Å². The summed E-state index contributed by atoms with van der Waals surface area (Å²) in [6.07, 6.45) is 0. The molecule has 1 rings (SSSR count). The number of benzene rings is 1. The molecule has 1 aromatic rings. The van der Waals surface area contributed by atoms with Crippen molar-refractivity contribution >= 4 is 23.6 Å². The van der Waals surface area contributed by atoms with Crippen molar-refractivity contribution in [3.63, 3.8) is 0 Å². The lowest BCUT2D eigenvalue weighted by atomic mass is 10.2. The zero-order chi connectivity index (χ0) is 9.14. The molecule has 0 radical (unpaired) electrons. The van der Waals surface area contributed by atoms with Gasteiger partial charge in [-0.15, -0.1) is 3.94 Å². The monoisotopic (exact) mass is 211 g/mol. The van der Waals surface area contributed by atoms with Crippen LogP contribution in [0.1, 0.15) is 5.56 Å². The van der Waals surface area contributed by atoms with E-state index < -0.39 is 11.6 Å². The Morgan fingerprint density at radius 3 is 2.42 bits per heavy atom. The van der Waals surface area contributed by atoms with Gasteiger partial charge in [-0.1, -0.05) is 6.07 Å². The van der Waals surface area contributed by atoms with Crippen LogP contribution in [0.2, 0.25) is 0 Å². The summed E-state index contributed by atoms with van der Waals surface area (Å²) in [7, 11) is 0. The Balaban J connectivity index is 2.86. The first-order chi connectivity index (χ1) is 5.59. The van der Waals surface area contributed by atoms with Crippen LogP contribution in [0, 0.1) is 11.6 Å². The number of rotatable bonds is 2. The molecule has 0 fully saturated rings. The topological polar surface area (TPSA) is 3.24 Å². The Morgan fingerprint density at radius 2 is 1.92 bits per heavy atom. The molecule has 1 aromatic carbocycles. The Hall–Kier alpha value is -0.380. The summed E-state index contributed by atoms with van der Waals surface area (Å²) in [6, 6.07) is 3.23. The first-order valence-corrected chi connectivity index (χ1v) is 3.80. The van der Waals surface area contributed by atoms with Gasteiger partial charge in [0.15, 0.2) is 0 Å². The van der Waals surface area contributed by atoms with Gasteiger partial charge >= 0.3 is 0 Å². The fourth-order valence-corrected chi connectivity index (χ4v) is 1.04. The largest absolute Gasteiger partial charge is 0.207 e. The average Bonchev–Trinajstić information content (AvgIpc) is 1.94. The highest BCUT2D eigenvalue weighted by Gasteiger charge is 2.05. The van der Waals surface area contributed by atoms with Crippen LogP contribution in [0.15, 0.2) is 18.2 Å². The second-order valence-electron chi connectivity index (χ2n) is 2.20. The minimum atomic E-state index is -0.652. The fourth-order valence-electron chi connectivity index (χ4n) is 0.779. The maximum atomic E-state index is 12.8. The van der Waals surface area contributed by atoms with Gasteiger partial charge in [-0.05, 0) is 29.6 Å². The number of hydrogen-bond acceptors (Lipinski definition) is 1.